The number of hydrogen-bond acceptors (Lipinski definition) is 1. The quantitative estimate of drug-likeness (QED) is 0.626. The van der Waals surface area contributed by atoms with E-state index in [1.807, 2.05) is 6.07 Å². The van der Waals surface area contributed by atoms with E-state index in [-0.39, 0.29) is 0 Å². The molecule has 1 nitrogen and oxygen atoms in total. The van der Waals surface area contributed by atoms with Crippen LogP contribution in [0.4, 0.5) is 0 Å². The van der Waals surface area contributed by atoms with E-state index in [2.05, 4.69) is 39.0 Å². The molecule has 1 unspecified atom stereocenters. The molecule has 0 aromatic heterocycles. The second-order valence-corrected chi connectivity index (χ2v) is 5.48. The Morgan fingerprint density at radius 2 is 2.07 bits per heavy atom. The molecule has 1 heteroatoms. The van der Waals surface area contributed by atoms with Crippen LogP contribution >= 0.6 is 0 Å². The largest absolute Gasteiger partial charge is 0.192 e. The lowest BCUT2D eigenvalue weighted by Crippen LogP contribution is -2.15. The van der Waals surface area contributed by atoms with Crippen LogP contribution in [-0.2, 0) is 6.42 Å². The minimum atomic E-state index is 0.333. The molecule has 0 saturated carbocycles. The molecule has 0 amide bonds. The number of rotatable bonds is 0. The van der Waals surface area contributed by atoms with Crippen molar-refractivity contribution >= 4 is 0 Å². The minimum Gasteiger partial charge on any atom is -0.192 e. The van der Waals surface area contributed by atoms with Crippen molar-refractivity contribution in [3.05, 3.63) is 34.9 Å². The van der Waals surface area contributed by atoms with E-state index in [1.54, 1.807) is 0 Å². The summed E-state index contributed by atoms with van der Waals surface area (Å²) >= 11 is 0. The van der Waals surface area contributed by atoms with Crippen molar-refractivity contribution in [2.24, 2.45) is 5.41 Å². The summed E-state index contributed by atoms with van der Waals surface area (Å²) in [5.74, 6) is 0.653. The van der Waals surface area contributed by atoms with Gasteiger partial charge in [0.2, 0.25) is 0 Å². The second kappa shape index (κ2) is 3.38. The molecule has 0 aliphatic heterocycles. The van der Waals surface area contributed by atoms with Gasteiger partial charge in [-0.05, 0) is 47.4 Å². The smallest absolute Gasteiger partial charge is 0.0991 e. The predicted molar refractivity (Wildman–Crippen MR) is 61.7 cm³/mol. The van der Waals surface area contributed by atoms with E-state index >= 15 is 0 Å². The van der Waals surface area contributed by atoms with Gasteiger partial charge in [0.05, 0.1) is 11.6 Å². The molecule has 15 heavy (non-hydrogen) atoms. The average molecular weight is 199 g/mol. The van der Waals surface area contributed by atoms with Gasteiger partial charge >= 0.3 is 0 Å². The molecule has 0 bridgehead atoms. The van der Waals surface area contributed by atoms with Crippen LogP contribution in [0.1, 0.15) is 49.8 Å². The van der Waals surface area contributed by atoms with Crippen LogP contribution in [0.15, 0.2) is 18.2 Å². The maximum atomic E-state index is 8.84. The molecule has 78 valence electrons. The molecule has 1 aliphatic rings. The Bertz CT molecular complexity index is 418. The van der Waals surface area contributed by atoms with Crippen molar-refractivity contribution in [1.82, 2.24) is 0 Å². The fourth-order valence-corrected chi connectivity index (χ4v) is 2.59. The number of hydrogen-bond donors (Lipinski definition) is 0. The Morgan fingerprint density at radius 3 is 2.67 bits per heavy atom. The van der Waals surface area contributed by atoms with Gasteiger partial charge in [-0.3, -0.25) is 0 Å². The summed E-state index contributed by atoms with van der Waals surface area (Å²) in [6.45, 7) is 6.89. The highest BCUT2D eigenvalue weighted by Crippen LogP contribution is 2.44. The summed E-state index contributed by atoms with van der Waals surface area (Å²) in [6, 6.07) is 8.36. The number of nitriles is 1. The van der Waals surface area contributed by atoms with Gasteiger partial charge in [0, 0.05) is 0 Å². The maximum Gasteiger partial charge on any atom is 0.0991 e. The number of aryl methyl sites for hydroxylation is 1. The van der Waals surface area contributed by atoms with E-state index in [9.17, 15) is 0 Å². The maximum absolute atomic E-state index is 8.84. The molecular formula is C14H17N. The second-order valence-electron chi connectivity index (χ2n) is 5.48. The van der Waals surface area contributed by atoms with Crippen molar-refractivity contribution in [1.29, 1.82) is 5.26 Å². The lowest BCUT2D eigenvalue weighted by molar-refractivity contribution is 0.319. The molecule has 1 aliphatic carbocycles. The Hall–Kier alpha value is -1.29. The lowest BCUT2D eigenvalue weighted by atomic mass is 9.77. The van der Waals surface area contributed by atoms with Crippen molar-refractivity contribution in [3.63, 3.8) is 0 Å². The van der Waals surface area contributed by atoms with Crippen LogP contribution in [-0.4, -0.2) is 0 Å². The summed E-state index contributed by atoms with van der Waals surface area (Å²) in [5, 5.41) is 8.84. The molecule has 1 aromatic rings. The highest BCUT2D eigenvalue weighted by molar-refractivity contribution is 5.43. The van der Waals surface area contributed by atoms with E-state index in [4.69, 9.17) is 5.26 Å². The van der Waals surface area contributed by atoms with Gasteiger partial charge < -0.3 is 0 Å². The Kier molecular flexibility index (Phi) is 2.31. The molecule has 1 aromatic carbocycles. The van der Waals surface area contributed by atoms with Crippen LogP contribution in [0, 0.1) is 16.7 Å². The molecule has 0 saturated heterocycles. The van der Waals surface area contributed by atoms with Crippen LogP contribution in [0.25, 0.3) is 0 Å². The van der Waals surface area contributed by atoms with Crippen molar-refractivity contribution in [2.75, 3.05) is 0 Å². The van der Waals surface area contributed by atoms with Crippen LogP contribution < -0.4 is 0 Å². The monoisotopic (exact) mass is 199 g/mol. The summed E-state index contributed by atoms with van der Waals surface area (Å²) < 4.78 is 0. The van der Waals surface area contributed by atoms with Crippen molar-refractivity contribution < 1.29 is 0 Å². The molecular weight excluding hydrogens is 182 g/mol. The van der Waals surface area contributed by atoms with Crippen LogP contribution in [0.5, 0.6) is 0 Å². The summed E-state index contributed by atoms with van der Waals surface area (Å²) in [5.41, 5.74) is 3.97. The number of fused-ring (bicyclic) bond motifs is 1. The number of nitrogens with zero attached hydrogens (tertiary/aromatic N) is 1. The van der Waals surface area contributed by atoms with Crippen LogP contribution in [0.3, 0.4) is 0 Å². The molecule has 1 atom stereocenters. The first-order valence-corrected chi connectivity index (χ1v) is 5.55. The van der Waals surface area contributed by atoms with E-state index in [0.717, 1.165) is 12.0 Å². The summed E-state index contributed by atoms with van der Waals surface area (Å²) in [6.07, 6.45) is 2.36. The average Bonchev–Trinajstić information content (AvgIpc) is 2.59. The Labute approximate surface area is 91.7 Å². The SMILES string of the molecule is CC(C)(C)C1CCc2cc(C#N)ccc21. The van der Waals surface area contributed by atoms with E-state index in [1.165, 1.54) is 17.5 Å². The fraction of sp³-hybridized carbons (Fsp3) is 0.500. The first-order valence-electron chi connectivity index (χ1n) is 5.55. The number of benzene rings is 1. The lowest BCUT2D eigenvalue weighted by Gasteiger charge is -2.27. The predicted octanol–water partition coefficient (Wildman–Crippen LogP) is 3.63. The van der Waals surface area contributed by atoms with Gasteiger partial charge in [0.15, 0.2) is 0 Å². The first kappa shape index (κ1) is 10.2. The van der Waals surface area contributed by atoms with Crippen LogP contribution in [0.2, 0.25) is 0 Å². The third-order valence-corrected chi connectivity index (χ3v) is 3.40. The zero-order valence-corrected chi connectivity index (χ0v) is 9.67. The molecule has 0 heterocycles. The van der Waals surface area contributed by atoms with Gasteiger partial charge in [-0.2, -0.15) is 5.26 Å². The molecule has 0 spiro atoms. The zero-order chi connectivity index (χ0) is 11.1. The highest BCUT2D eigenvalue weighted by Gasteiger charge is 2.31. The Balaban J connectivity index is 2.42. The van der Waals surface area contributed by atoms with Crippen molar-refractivity contribution in [3.8, 4) is 6.07 Å². The van der Waals surface area contributed by atoms with Gasteiger partial charge in [-0.25, -0.2) is 0 Å². The summed E-state index contributed by atoms with van der Waals surface area (Å²) in [4.78, 5) is 0. The van der Waals surface area contributed by atoms with Crippen molar-refractivity contribution in [2.45, 2.75) is 39.5 Å². The highest BCUT2D eigenvalue weighted by atomic mass is 14.4. The van der Waals surface area contributed by atoms with Gasteiger partial charge in [-0.15, -0.1) is 0 Å². The standard InChI is InChI=1S/C14H17N/c1-14(2,3)13-7-5-11-8-10(9-15)4-6-12(11)13/h4,6,8,13H,5,7H2,1-3H3. The molecule has 0 radical (unpaired) electrons. The summed E-state index contributed by atoms with van der Waals surface area (Å²) in [7, 11) is 0. The fourth-order valence-electron chi connectivity index (χ4n) is 2.59. The zero-order valence-electron chi connectivity index (χ0n) is 9.67. The normalized spacial score (nSPS) is 19.7. The van der Waals surface area contributed by atoms with Gasteiger partial charge in [-0.1, -0.05) is 26.8 Å². The third kappa shape index (κ3) is 1.77. The van der Waals surface area contributed by atoms with Gasteiger partial charge in [0.1, 0.15) is 0 Å². The van der Waals surface area contributed by atoms with Gasteiger partial charge in [0.25, 0.3) is 0 Å². The van der Waals surface area contributed by atoms with E-state index in [0.29, 0.717) is 11.3 Å². The topological polar surface area (TPSA) is 23.8 Å². The Morgan fingerprint density at radius 1 is 1.33 bits per heavy atom. The third-order valence-electron chi connectivity index (χ3n) is 3.40. The molecule has 0 N–H and O–H groups in total. The van der Waals surface area contributed by atoms with E-state index < -0.39 is 0 Å². The molecule has 0 fully saturated rings. The molecule has 2 rings (SSSR count). The first-order chi connectivity index (χ1) is 7.02. The minimum absolute atomic E-state index is 0.333.